The van der Waals surface area contributed by atoms with Gasteiger partial charge in [0, 0.05) is 5.69 Å². The van der Waals surface area contributed by atoms with Gasteiger partial charge in [-0.3, -0.25) is 4.79 Å². The molecule has 0 fully saturated rings. The second-order valence-corrected chi connectivity index (χ2v) is 6.24. The molecule has 4 rings (SSSR count). The molecular formula is C24H19NO2. The van der Waals surface area contributed by atoms with Crippen molar-refractivity contribution < 1.29 is 9.53 Å². The van der Waals surface area contributed by atoms with Gasteiger partial charge >= 0.3 is 0 Å². The molecule has 0 spiro atoms. The number of rotatable bonds is 5. The fraction of sp³-hybridized carbons (Fsp3) is 0.0417. The minimum atomic E-state index is -0.185. The molecule has 0 aliphatic carbocycles. The molecule has 132 valence electrons. The number of para-hydroxylation sites is 2. The van der Waals surface area contributed by atoms with Crippen LogP contribution in [0.1, 0.15) is 15.9 Å². The Labute approximate surface area is 158 Å². The van der Waals surface area contributed by atoms with Gasteiger partial charge < -0.3 is 10.1 Å². The van der Waals surface area contributed by atoms with Gasteiger partial charge in [0.05, 0.1) is 5.56 Å². The summed E-state index contributed by atoms with van der Waals surface area (Å²) in [4.78, 5) is 12.7. The first-order valence-corrected chi connectivity index (χ1v) is 8.86. The lowest BCUT2D eigenvalue weighted by Gasteiger charge is -2.13. The van der Waals surface area contributed by atoms with Crippen molar-refractivity contribution >= 4 is 22.4 Å². The number of hydrogen-bond acceptors (Lipinski definition) is 2. The van der Waals surface area contributed by atoms with E-state index in [1.807, 2.05) is 66.7 Å². The molecule has 4 aromatic rings. The maximum atomic E-state index is 12.7. The second-order valence-electron chi connectivity index (χ2n) is 6.24. The molecule has 0 heterocycles. The molecule has 3 nitrogen and oxygen atoms in total. The van der Waals surface area contributed by atoms with E-state index in [0.717, 1.165) is 16.6 Å². The third kappa shape index (κ3) is 3.82. The highest BCUT2D eigenvalue weighted by Gasteiger charge is 2.13. The molecule has 1 N–H and O–H groups in total. The summed E-state index contributed by atoms with van der Waals surface area (Å²) in [6.07, 6.45) is 0. The van der Waals surface area contributed by atoms with E-state index < -0.39 is 0 Å². The molecule has 0 atom stereocenters. The molecule has 0 saturated heterocycles. The zero-order valence-electron chi connectivity index (χ0n) is 14.8. The Bertz CT molecular complexity index is 1070. The van der Waals surface area contributed by atoms with Crippen LogP contribution in [0.15, 0.2) is 97.1 Å². The van der Waals surface area contributed by atoms with Crippen LogP contribution in [0.3, 0.4) is 0 Å². The first-order chi connectivity index (χ1) is 13.3. The van der Waals surface area contributed by atoms with Gasteiger partial charge in [-0.25, -0.2) is 0 Å². The first kappa shape index (κ1) is 16.9. The predicted octanol–water partition coefficient (Wildman–Crippen LogP) is 5.67. The highest BCUT2D eigenvalue weighted by molar-refractivity contribution is 6.06. The number of nitrogens with one attached hydrogen (secondary N) is 1. The molecule has 27 heavy (non-hydrogen) atoms. The number of fused-ring (bicyclic) bond motifs is 1. The van der Waals surface area contributed by atoms with Crippen molar-refractivity contribution in [3.8, 4) is 5.75 Å². The zero-order chi connectivity index (χ0) is 18.5. The van der Waals surface area contributed by atoms with Crippen LogP contribution in [-0.4, -0.2) is 5.91 Å². The van der Waals surface area contributed by atoms with Crippen LogP contribution in [0.5, 0.6) is 5.75 Å². The van der Waals surface area contributed by atoms with Gasteiger partial charge in [-0.1, -0.05) is 72.8 Å². The SMILES string of the molecule is O=C(Nc1ccccc1)c1ccccc1OCc1cccc2ccccc12. The molecule has 0 bridgehead atoms. The third-order valence-electron chi connectivity index (χ3n) is 4.43. The first-order valence-electron chi connectivity index (χ1n) is 8.86. The van der Waals surface area contributed by atoms with Crippen molar-refractivity contribution in [1.82, 2.24) is 0 Å². The molecule has 4 aromatic carbocycles. The minimum absolute atomic E-state index is 0.185. The molecule has 0 aliphatic heterocycles. The summed E-state index contributed by atoms with van der Waals surface area (Å²) in [5, 5.41) is 5.24. The molecule has 3 heteroatoms. The highest BCUT2D eigenvalue weighted by atomic mass is 16.5. The Hall–Kier alpha value is -3.59. The lowest BCUT2D eigenvalue weighted by Crippen LogP contribution is -2.13. The Morgan fingerprint density at radius 2 is 1.44 bits per heavy atom. The quantitative estimate of drug-likeness (QED) is 0.502. The lowest BCUT2D eigenvalue weighted by molar-refractivity contribution is 0.102. The van der Waals surface area contributed by atoms with E-state index in [9.17, 15) is 4.79 Å². The Morgan fingerprint density at radius 1 is 0.741 bits per heavy atom. The highest BCUT2D eigenvalue weighted by Crippen LogP contribution is 2.24. The monoisotopic (exact) mass is 353 g/mol. The van der Waals surface area contributed by atoms with E-state index in [1.54, 1.807) is 6.07 Å². The molecular weight excluding hydrogens is 334 g/mol. The Kier molecular flexibility index (Phi) is 4.84. The van der Waals surface area contributed by atoms with Gasteiger partial charge in [0.1, 0.15) is 12.4 Å². The average Bonchev–Trinajstić information content (AvgIpc) is 2.73. The zero-order valence-corrected chi connectivity index (χ0v) is 14.8. The second kappa shape index (κ2) is 7.75. The number of carbonyl (C=O) groups is 1. The molecule has 1 amide bonds. The van der Waals surface area contributed by atoms with Gasteiger partial charge in [-0.2, -0.15) is 0 Å². The van der Waals surface area contributed by atoms with Crippen LogP contribution in [0.4, 0.5) is 5.69 Å². The smallest absolute Gasteiger partial charge is 0.259 e. The third-order valence-corrected chi connectivity index (χ3v) is 4.43. The minimum Gasteiger partial charge on any atom is -0.488 e. The average molecular weight is 353 g/mol. The van der Waals surface area contributed by atoms with Crippen molar-refractivity contribution in [3.63, 3.8) is 0 Å². The van der Waals surface area contributed by atoms with Crippen LogP contribution in [0.25, 0.3) is 10.8 Å². The number of benzene rings is 4. The van der Waals surface area contributed by atoms with Crippen molar-refractivity contribution in [2.75, 3.05) is 5.32 Å². The molecule has 0 aliphatic rings. The molecule has 0 unspecified atom stereocenters. The molecule has 0 aromatic heterocycles. The summed E-state index contributed by atoms with van der Waals surface area (Å²) >= 11 is 0. The summed E-state index contributed by atoms with van der Waals surface area (Å²) in [7, 11) is 0. The van der Waals surface area contributed by atoms with E-state index in [4.69, 9.17) is 4.74 Å². The van der Waals surface area contributed by atoms with Crippen molar-refractivity contribution in [2.45, 2.75) is 6.61 Å². The van der Waals surface area contributed by atoms with Crippen LogP contribution in [-0.2, 0) is 6.61 Å². The van der Waals surface area contributed by atoms with Crippen LogP contribution in [0, 0.1) is 0 Å². The fourth-order valence-electron chi connectivity index (χ4n) is 3.07. The normalized spacial score (nSPS) is 10.5. The van der Waals surface area contributed by atoms with Crippen molar-refractivity contribution in [1.29, 1.82) is 0 Å². The standard InChI is InChI=1S/C24H19NO2/c26-24(25-20-12-2-1-3-13-20)22-15-6-7-16-23(22)27-17-19-11-8-10-18-9-4-5-14-21(18)19/h1-16H,17H2,(H,25,26). The number of amides is 1. The van der Waals surface area contributed by atoms with Crippen LogP contribution in [0.2, 0.25) is 0 Å². The lowest BCUT2D eigenvalue weighted by atomic mass is 10.1. The van der Waals surface area contributed by atoms with Gasteiger partial charge in [-0.05, 0) is 40.6 Å². The Balaban J connectivity index is 1.55. The summed E-state index contributed by atoms with van der Waals surface area (Å²) in [5.74, 6) is 0.383. The van der Waals surface area contributed by atoms with Crippen molar-refractivity contribution in [3.05, 3.63) is 108 Å². The van der Waals surface area contributed by atoms with Gasteiger partial charge in [-0.15, -0.1) is 0 Å². The number of hydrogen-bond donors (Lipinski definition) is 1. The maximum absolute atomic E-state index is 12.7. The van der Waals surface area contributed by atoms with Gasteiger partial charge in [0.25, 0.3) is 5.91 Å². The molecule has 0 radical (unpaired) electrons. The van der Waals surface area contributed by atoms with E-state index in [-0.39, 0.29) is 5.91 Å². The number of ether oxygens (including phenoxy) is 1. The molecule has 0 saturated carbocycles. The summed E-state index contributed by atoms with van der Waals surface area (Å²) in [5.41, 5.74) is 2.36. The van der Waals surface area contributed by atoms with Crippen molar-refractivity contribution in [2.24, 2.45) is 0 Å². The van der Waals surface area contributed by atoms with Gasteiger partial charge in [0.15, 0.2) is 0 Å². The topological polar surface area (TPSA) is 38.3 Å². The Morgan fingerprint density at radius 3 is 2.33 bits per heavy atom. The summed E-state index contributed by atoms with van der Waals surface area (Å²) in [6, 6.07) is 31.1. The largest absolute Gasteiger partial charge is 0.488 e. The maximum Gasteiger partial charge on any atom is 0.259 e. The fourth-order valence-corrected chi connectivity index (χ4v) is 3.07. The predicted molar refractivity (Wildman–Crippen MR) is 109 cm³/mol. The van der Waals surface area contributed by atoms with E-state index in [1.165, 1.54) is 5.39 Å². The van der Waals surface area contributed by atoms with Crippen LogP contribution >= 0.6 is 0 Å². The number of carbonyl (C=O) groups excluding carboxylic acids is 1. The summed E-state index contributed by atoms with van der Waals surface area (Å²) < 4.78 is 6.03. The van der Waals surface area contributed by atoms with Crippen LogP contribution < -0.4 is 10.1 Å². The summed E-state index contributed by atoms with van der Waals surface area (Å²) in [6.45, 7) is 0.400. The van der Waals surface area contributed by atoms with E-state index >= 15 is 0 Å². The van der Waals surface area contributed by atoms with E-state index in [0.29, 0.717) is 17.9 Å². The van der Waals surface area contributed by atoms with E-state index in [2.05, 4.69) is 29.6 Å². The number of anilines is 1. The van der Waals surface area contributed by atoms with Gasteiger partial charge in [0.2, 0.25) is 0 Å².